The van der Waals surface area contributed by atoms with E-state index in [1.54, 1.807) is 0 Å². The van der Waals surface area contributed by atoms with Crippen molar-refractivity contribution >= 4 is 39.7 Å². The average molecular weight is 267 g/mol. The average Bonchev–Trinajstić information content (AvgIpc) is 2.34. The summed E-state index contributed by atoms with van der Waals surface area (Å²) in [7, 11) is 0. The molecule has 0 aromatic carbocycles. The predicted octanol–water partition coefficient (Wildman–Crippen LogP) is 1.49. The highest BCUT2D eigenvalue weighted by Crippen LogP contribution is 2.17. The Morgan fingerprint density at radius 1 is 1.70 bits per heavy atom. The van der Waals surface area contributed by atoms with E-state index >= 15 is 0 Å². The van der Waals surface area contributed by atoms with E-state index in [9.17, 15) is 4.79 Å². The molecule has 1 aromatic rings. The molecule has 1 rings (SSSR count). The van der Waals surface area contributed by atoms with Gasteiger partial charge in [-0.3, -0.25) is 4.79 Å². The van der Waals surface area contributed by atoms with Gasteiger partial charge in [0.05, 0.1) is 14.3 Å². The Balaban J connectivity index is 2.85. The summed E-state index contributed by atoms with van der Waals surface area (Å²) in [4.78, 5) is 11.7. The molecule has 1 heterocycles. The molecule has 2 N–H and O–H groups in total. The molecule has 0 aliphatic carbocycles. The Labute approximate surface area is 76.6 Å². The molecule has 0 saturated heterocycles. The van der Waals surface area contributed by atoms with Crippen molar-refractivity contribution < 1.29 is 4.79 Å². The second-order valence-electron chi connectivity index (χ2n) is 1.73. The summed E-state index contributed by atoms with van der Waals surface area (Å²) >= 11 is 3.65. The first-order valence-electron chi connectivity index (χ1n) is 2.72. The van der Waals surface area contributed by atoms with E-state index < -0.39 is 0 Å². The van der Waals surface area contributed by atoms with Gasteiger partial charge in [0.15, 0.2) is 5.78 Å². The Hall–Kier alpha value is 0.0600. The molecule has 0 radical (unpaired) electrons. The molecule has 10 heavy (non-hydrogen) atoms. The fourth-order valence-electron chi connectivity index (χ4n) is 0.565. The van der Waals surface area contributed by atoms with E-state index in [1.807, 2.05) is 12.1 Å². The molecule has 4 heteroatoms. The van der Waals surface area contributed by atoms with Crippen LogP contribution < -0.4 is 5.73 Å². The Bertz CT molecular complexity index is 246. The standard InChI is InChI=1S/C6H6INOS/c7-6-2-1-5(10-6)4(9)3-8/h1-2H,3,8H2. The molecule has 1 aromatic heterocycles. The molecule has 0 aliphatic rings. The van der Waals surface area contributed by atoms with Crippen LogP contribution in [0.4, 0.5) is 0 Å². The molecule has 2 nitrogen and oxygen atoms in total. The number of thiophene rings is 1. The number of hydrogen-bond acceptors (Lipinski definition) is 3. The number of rotatable bonds is 2. The first-order valence-corrected chi connectivity index (χ1v) is 4.62. The molecule has 0 spiro atoms. The van der Waals surface area contributed by atoms with Crippen LogP contribution in [0.15, 0.2) is 12.1 Å². The molecular weight excluding hydrogens is 261 g/mol. The van der Waals surface area contributed by atoms with Gasteiger partial charge in [-0.25, -0.2) is 0 Å². The van der Waals surface area contributed by atoms with Gasteiger partial charge in [-0.2, -0.15) is 0 Å². The second kappa shape index (κ2) is 3.45. The zero-order valence-corrected chi connectivity index (χ0v) is 8.11. The lowest BCUT2D eigenvalue weighted by atomic mass is 10.3. The molecule has 54 valence electrons. The lowest BCUT2D eigenvalue weighted by molar-refractivity contribution is 0.100. The Morgan fingerprint density at radius 2 is 2.40 bits per heavy atom. The zero-order valence-electron chi connectivity index (χ0n) is 5.13. The fourth-order valence-corrected chi connectivity index (χ4v) is 2.14. The molecular formula is C6H6INOS. The van der Waals surface area contributed by atoms with Crippen LogP contribution in [-0.2, 0) is 0 Å². The minimum atomic E-state index is 0.0212. The normalized spacial score (nSPS) is 9.80. The highest BCUT2D eigenvalue weighted by Gasteiger charge is 2.04. The largest absolute Gasteiger partial charge is 0.324 e. The number of hydrogen-bond donors (Lipinski definition) is 1. The van der Waals surface area contributed by atoms with Crippen molar-refractivity contribution in [1.29, 1.82) is 0 Å². The van der Waals surface area contributed by atoms with E-state index in [-0.39, 0.29) is 12.3 Å². The number of Topliss-reactive ketones (excluding diaryl/α,β-unsaturated/α-hetero) is 1. The first kappa shape index (κ1) is 8.16. The summed E-state index contributed by atoms with van der Waals surface area (Å²) in [5.74, 6) is 0.0212. The zero-order chi connectivity index (χ0) is 7.56. The van der Waals surface area contributed by atoms with Gasteiger partial charge in [-0.15, -0.1) is 11.3 Å². The van der Waals surface area contributed by atoms with Crippen molar-refractivity contribution in [3.63, 3.8) is 0 Å². The third-order valence-electron chi connectivity index (χ3n) is 1.03. The summed E-state index contributed by atoms with van der Waals surface area (Å²) < 4.78 is 1.12. The third-order valence-corrected chi connectivity index (χ3v) is 2.97. The minimum absolute atomic E-state index is 0.0212. The quantitative estimate of drug-likeness (QED) is 0.651. The highest BCUT2D eigenvalue weighted by atomic mass is 127. The smallest absolute Gasteiger partial charge is 0.186 e. The van der Waals surface area contributed by atoms with Gasteiger partial charge in [0.2, 0.25) is 0 Å². The SMILES string of the molecule is NCC(=O)c1ccc(I)s1. The van der Waals surface area contributed by atoms with Gasteiger partial charge in [-0.1, -0.05) is 0 Å². The lowest BCUT2D eigenvalue weighted by Crippen LogP contribution is -2.11. The molecule has 0 saturated carbocycles. The maximum atomic E-state index is 10.9. The van der Waals surface area contributed by atoms with Crippen LogP contribution in [0.2, 0.25) is 0 Å². The first-order chi connectivity index (χ1) is 4.74. The van der Waals surface area contributed by atoms with Crippen LogP contribution in [0.3, 0.4) is 0 Å². The maximum Gasteiger partial charge on any atom is 0.186 e. The summed E-state index contributed by atoms with van der Waals surface area (Å²) in [5.41, 5.74) is 5.17. The molecule has 0 unspecified atom stereocenters. The molecule has 0 aliphatic heterocycles. The van der Waals surface area contributed by atoms with E-state index in [0.29, 0.717) is 0 Å². The highest BCUT2D eigenvalue weighted by molar-refractivity contribution is 14.1. The monoisotopic (exact) mass is 267 g/mol. The number of ketones is 1. The molecule has 0 amide bonds. The van der Waals surface area contributed by atoms with E-state index in [2.05, 4.69) is 22.6 Å². The van der Waals surface area contributed by atoms with E-state index in [1.165, 1.54) is 11.3 Å². The minimum Gasteiger partial charge on any atom is -0.324 e. The van der Waals surface area contributed by atoms with Gasteiger partial charge in [-0.05, 0) is 34.7 Å². The summed E-state index contributed by atoms with van der Waals surface area (Å²) in [5, 5.41) is 0. The topological polar surface area (TPSA) is 43.1 Å². The van der Waals surface area contributed by atoms with Crippen molar-refractivity contribution in [3.05, 3.63) is 19.9 Å². The van der Waals surface area contributed by atoms with Crippen molar-refractivity contribution in [2.24, 2.45) is 5.73 Å². The van der Waals surface area contributed by atoms with Gasteiger partial charge in [0, 0.05) is 0 Å². The predicted molar refractivity (Wildman–Crippen MR) is 50.4 cm³/mol. The van der Waals surface area contributed by atoms with Gasteiger partial charge >= 0.3 is 0 Å². The fraction of sp³-hybridized carbons (Fsp3) is 0.167. The van der Waals surface area contributed by atoms with Crippen LogP contribution in [0.5, 0.6) is 0 Å². The van der Waals surface area contributed by atoms with Crippen molar-refractivity contribution in [1.82, 2.24) is 0 Å². The van der Waals surface area contributed by atoms with E-state index in [0.717, 1.165) is 7.76 Å². The third kappa shape index (κ3) is 1.77. The number of halogens is 1. The Kier molecular flexibility index (Phi) is 2.82. The van der Waals surface area contributed by atoms with Crippen LogP contribution >= 0.6 is 33.9 Å². The number of carbonyl (C=O) groups excluding carboxylic acids is 1. The van der Waals surface area contributed by atoms with Crippen LogP contribution in [0, 0.1) is 2.88 Å². The van der Waals surface area contributed by atoms with Crippen LogP contribution in [-0.4, -0.2) is 12.3 Å². The molecule has 0 fully saturated rings. The van der Waals surface area contributed by atoms with Crippen LogP contribution in [0.1, 0.15) is 9.67 Å². The second-order valence-corrected chi connectivity index (χ2v) is 4.71. The number of nitrogens with two attached hydrogens (primary N) is 1. The van der Waals surface area contributed by atoms with Gasteiger partial charge in [0.1, 0.15) is 0 Å². The van der Waals surface area contributed by atoms with Crippen molar-refractivity contribution in [2.45, 2.75) is 0 Å². The van der Waals surface area contributed by atoms with Crippen LogP contribution in [0.25, 0.3) is 0 Å². The van der Waals surface area contributed by atoms with Crippen molar-refractivity contribution in [3.8, 4) is 0 Å². The maximum absolute atomic E-state index is 10.9. The molecule has 0 atom stereocenters. The lowest BCUT2D eigenvalue weighted by Gasteiger charge is -1.87. The van der Waals surface area contributed by atoms with E-state index in [4.69, 9.17) is 5.73 Å². The molecule has 0 bridgehead atoms. The summed E-state index contributed by atoms with van der Waals surface area (Å²) in [6, 6.07) is 3.72. The Morgan fingerprint density at radius 3 is 2.80 bits per heavy atom. The number of carbonyl (C=O) groups is 1. The van der Waals surface area contributed by atoms with Crippen molar-refractivity contribution in [2.75, 3.05) is 6.54 Å². The van der Waals surface area contributed by atoms with Gasteiger partial charge in [0.25, 0.3) is 0 Å². The summed E-state index contributed by atoms with van der Waals surface area (Å²) in [6.45, 7) is 0.108. The summed E-state index contributed by atoms with van der Waals surface area (Å²) in [6.07, 6.45) is 0. The van der Waals surface area contributed by atoms with Gasteiger partial charge < -0.3 is 5.73 Å².